The van der Waals surface area contributed by atoms with Crippen molar-refractivity contribution in [1.82, 2.24) is 10.6 Å². The molecule has 0 saturated carbocycles. The van der Waals surface area contributed by atoms with Gasteiger partial charge >= 0.3 is 6.03 Å². The number of hydrogen-bond acceptors (Lipinski definition) is 2. The molecule has 2 rings (SSSR count). The van der Waals surface area contributed by atoms with Crippen LogP contribution in [-0.4, -0.2) is 18.0 Å². The highest BCUT2D eigenvalue weighted by Gasteiger charge is 2.20. The molecule has 2 aromatic rings. The zero-order valence-corrected chi connectivity index (χ0v) is 13.6. The van der Waals surface area contributed by atoms with Crippen molar-refractivity contribution in [2.45, 2.75) is 25.4 Å². The fourth-order valence-corrected chi connectivity index (χ4v) is 2.45. The van der Waals surface area contributed by atoms with E-state index in [0.29, 0.717) is 11.1 Å². The first kappa shape index (κ1) is 18.4. The first-order chi connectivity index (χ1) is 11.8. The Kier molecular flexibility index (Phi) is 6.05. The number of nitrogens with one attached hydrogen (secondary N) is 2. The molecule has 0 aliphatic carbocycles. The van der Waals surface area contributed by atoms with Crippen LogP contribution in [0.1, 0.15) is 24.1 Å². The van der Waals surface area contributed by atoms with E-state index >= 15 is 0 Å². The third-order valence-electron chi connectivity index (χ3n) is 3.65. The third kappa shape index (κ3) is 5.56. The summed E-state index contributed by atoms with van der Waals surface area (Å²) in [7, 11) is 0. The molecule has 0 spiro atoms. The Morgan fingerprint density at radius 1 is 1.04 bits per heavy atom. The Bertz CT molecular complexity index is 767. The van der Waals surface area contributed by atoms with Crippen molar-refractivity contribution in [2.75, 3.05) is 0 Å². The van der Waals surface area contributed by atoms with Gasteiger partial charge in [-0.1, -0.05) is 24.3 Å². The van der Waals surface area contributed by atoms with Crippen molar-refractivity contribution < 1.29 is 18.4 Å². The Hall–Kier alpha value is -2.96. The standard InChI is InChI=1S/C18H19F2N3O2/c1-11(22-18(21)25)17(24)23-16(13-5-3-7-15(20)10-13)9-12-4-2-6-14(19)8-12/h2-8,10-11,16H,9H2,1H3,(H,23,24)(H3,21,22,25). The van der Waals surface area contributed by atoms with Gasteiger partial charge < -0.3 is 16.4 Å². The number of benzene rings is 2. The number of halogens is 2. The second-order valence-electron chi connectivity index (χ2n) is 5.68. The van der Waals surface area contributed by atoms with Crippen LogP contribution in [0.25, 0.3) is 0 Å². The van der Waals surface area contributed by atoms with Crippen LogP contribution in [0.15, 0.2) is 48.5 Å². The van der Waals surface area contributed by atoms with Gasteiger partial charge in [-0.15, -0.1) is 0 Å². The average Bonchev–Trinajstić information content (AvgIpc) is 2.53. The van der Waals surface area contributed by atoms with Gasteiger partial charge in [0.15, 0.2) is 0 Å². The minimum Gasteiger partial charge on any atom is -0.352 e. The highest BCUT2D eigenvalue weighted by molar-refractivity contribution is 5.86. The van der Waals surface area contributed by atoms with Gasteiger partial charge in [0.05, 0.1) is 6.04 Å². The first-order valence-electron chi connectivity index (χ1n) is 7.71. The zero-order valence-electron chi connectivity index (χ0n) is 13.6. The second kappa shape index (κ2) is 8.23. The Morgan fingerprint density at radius 2 is 1.68 bits per heavy atom. The van der Waals surface area contributed by atoms with Gasteiger partial charge in [-0.05, 0) is 48.7 Å². The SMILES string of the molecule is CC(NC(N)=O)C(=O)NC(Cc1cccc(F)c1)c1cccc(F)c1. The van der Waals surface area contributed by atoms with Crippen molar-refractivity contribution in [2.24, 2.45) is 5.73 Å². The molecule has 0 radical (unpaired) electrons. The summed E-state index contributed by atoms with van der Waals surface area (Å²) in [5.74, 6) is -1.32. The lowest BCUT2D eigenvalue weighted by atomic mass is 9.98. The van der Waals surface area contributed by atoms with Crippen LogP contribution in [0, 0.1) is 11.6 Å². The van der Waals surface area contributed by atoms with E-state index in [1.165, 1.54) is 37.3 Å². The van der Waals surface area contributed by atoms with E-state index in [1.54, 1.807) is 18.2 Å². The van der Waals surface area contributed by atoms with Crippen molar-refractivity contribution in [3.63, 3.8) is 0 Å². The van der Waals surface area contributed by atoms with Crippen molar-refractivity contribution in [3.05, 3.63) is 71.3 Å². The number of primary amides is 1. The van der Waals surface area contributed by atoms with Gasteiger partial charge in [-0.2, -0.15) is 0 Å². The minimum absolute atomic E-state index is 0.260. The predicted octanol–water partition coefficient (Wildman–Crippen LogP) is 2.42. The topological polar surface area (TPSA) is 84.2 Å². The smallest absolute Gasteiger partial charge is 0.312 e. The summed E-state index contributed by atoms with van der Waals surface area (Å²) in [5.41, 5.74) is 6.19. The second-order valence-corrected chi connectivity index (χ2v) is 5.68. The maximum atomic E-state index is 13.6. The van der Waals surface area contributed by atoms with Crippen LogP contribution in [0.5, 0.6) is 0 Å². The molecule has 132 valence electrons. The summed E-state index contributed by atoms with van der Waals surface area (Å²) < 4.78 is 27.0. The van der Waals surface area contributed by atoms with E-state index in [1.807, 2.05) is 0 Å². The van der Waals surface area contributed by atoms with Gasteiger partial charge in [0, 0.05) is 0 Å². The molecule has 0 heterocycles. The van der Waals surface area contributed by atoms with Crippen LogP contribution < -0.4 is 16.4 Å². The summed E-state index contributed by atoms with van der Waals surface area (Å²) in [4.78, 5) is 23.1. The average molecular weight is 347 g/mol. The fraction of sp³-hybridized carbons (Fsp3) is 0.222. The molecule has 0 aromatic heterocycles. The maximum Gasteiger partial charge on any atom is 0.312 e. The van der Waals surface area contributed by atoms with Gasteiger partial charge in [0.25, 0.3) is 0 Å². The molecule has 0 aliphatic heterocycles. The molecule has 2 atom stereocenters. The summed E-state index contributed by atoms with van der Waals surface area (Å²) >= 11 is 0. The maximum absolute atomic E-state index is 13.6. The quantitative estimate of drug-likeness (QED) is 0.750. The number of carbonyl (C=O) groups excluding carboxylic acids is 2. The lowest BCUT2D eigenvalue weighted by Gasteiger charge is -2.22. The van der Waals surface area contributed by atoms with Crippen molar-refractivity contribution in [3.8, 4) is 0 Å². The molecule has 2 aromatic carbocycles. The number of hydrogen-bond donors (Lipinski definition) is 3. The number of carbonyl (C=O) groups is 2. The molecule has 25 heavy (non-hydrogen) atoms. The van der Waals surface area contributed by atoms with Crippen LogP contribution in [0.4, 0.5) is 13.6 Å². The van der Waals surface area contributed by atoms with Crippen LogP contribution >= 0.6 is 0 Å². The lowest BCUT2D eigenvalue weighted by molar-refractivity contribution is -0.123. The summed E-state index contributed by atoms with van der Waals surface area (Å²) in [5, 5.41) is 5.01. The Morgan fingerprint density at radius 3 is 2.28 bits per heavy atom. The number of urea groups is 1. The third-order valence-corrected chi connectivity index (χ3v) is 3.65. The van der Waals surface area contributed by atoms with E-state index in [-0.39, 0.29) is 6.42 Å². The molecule has 5 nitrogen and oxygen atoms in total. The summed E-state index contributed by atoms with van der Waals surface area (Å²) in [6, 6.07) is 9.46. The largest absolute Gasteiger partial charge is 0.352 e. The predicted molar refractivity (Wildman–Crippen MR) is 89.6 cm³/mol. The molecule has 0 saturated heterocycles. The molecule has 4 N–H and O–H groups in total. The molecule has 0 aliphatic rings. The molecule has 3 amide bonds. The normalized spacial score (nSPS) is 12.9. The monoisotopic (exact) mass is 347 g/mol. The summed E-state index contributed by atoms with van der Waals surface area (Å²) in [6.45, 7) is 1.48. The van der Waals surface area contributed by atoms with Gasteiger partial charge in [0.1, 0.15) is 17.7 Å². The molecule has 0 bridgehead atoms. The van der Waals surface area contributed by atoms with Gasteiger partial charge in [0.2, 0.25) is 5.91 Å². The van der Waals surface area contributed by atoms with E-state index in [0.717, 1.165) is 0 Å². The van der Waals surface area contributed by atoms with Crippen LogP contribution in [0.3, 0.4) is 0 Å². The van der Waals surface area contributed by atoms with E-state index in [4.69, 9.17) is 5.73 Å². The van der Waals surface area contributed by atoms with E-state index in [2.05, 4.69) is 10.6 Å². The summed E-state index contributed by atoms with van der Waals surface area (Å²) in [6.07, 6.45) is 0.260. The van der Waals surface area contributed by atoms with Gasteiger partial charge in [-0.25, -0.2) is 13.6 Å². The first-order valence-corrected chi connectivity index (χ1v) is 7.71. The molecular weight excluding hydrogens is 328 g/mol. The Labute approximate surface area is 144 Å². The lowest BCUT2D eigenvalue weighted by Crippen LogP contribution is -2.47. The highest BCUT2D eigenvalue weighted by Crippen LogP contribution is 2.20. The highest BCUT2D eigenvalue weighted by atomic mass is 19.1. The van der Waals surface area contributed by atoms with E-state index in [9.17, 15) is 18.4 Å². The zero-order chi connectivity index (χ0) is 18.4. The molecule has 0 fully saturated rings. The van der Waals surface area contributed by atoms with Crippen LogP contribution in [-0.2, 0) is 11.2 Å². The number of rotatable bonds is 6. The van der Waals surface area contributed by atoms with E-state index < -0.39 is 35.7 Å². The number of amides is 3. The fourth-order valence-electron chi connectivity index (χ4n) is 2.45. The molecule has 7 heteroatoms. The van der Waals surface area contributed by atoms with Crippen molar-refractivity contribution >= 4 is 11.9 Å². The molecular formula is C18H19F2N3O2. The van der Waals surface area contributed by atoms with Crippen LogP contribution in [0.2, 0.25) is 0 Å². The minimum atomic E-state index is -0.860. The van der Waals surface area contributed by atoms with Gasteiger partial charge in [-0.3, -0.25) is 4.79 Å². The number of nitrogens with two attached hydrogens (primary N) is 1. The molecule has 2 unspecified atom stereocenters. The van der Waals surface area contributed by atoms with Crippen molar-refractivity contribution in [1.29, 1.82) is 0 Å². The Balaban J connectivity index is 2.23.